The molecule has 1 aliphatic rings. The monoisotopic (exact) mass is 377 g/mol. The summed E-state index contributed by atoms with van der Waals surface area (Å²) in [4.78, 5) is 20.7. The maximum atomic E-state index is 13.1. The van der Waals surface area contributed by atoms with Crippen molar-refractivity contribution < 1.29 is 9.18 Å². The standard InChI is InChI=1S/C21H20FN5O/c1-10-5-12(11(2)23)3-4-14(10)18-6-13-7-19(25-9-16(13)20(24)26-18)27-21(28)15-8-17(15)22/h3-7,9,15,17H,2,8,23H2,1H3,(H2,24,26)(H,25,27,28)/t15-,17+/m1/s1. The number of nitrogen functional groups attached to an aromatic ring is 1. The number of aryl methyl sites for hydroxylation is 1. The zero-order chi connectivity index (χ0) is 20.0. The second kappa shape index (κ2) is 6.60. The molecular weight excluding hydrogens is 357 g/mol. The van der Waals surface area contributed by atoms with Crippen LogP contribution in [0.2, 0.25) is 0 Å². The van der Waals surface area contributed by atoms with Gasteiger partial charge >= 0.3 is 0 Å². The van der Waals surface area contributed by atoms with Crippen molar-refractivity contribution in [1.82, 2.24) is 9.97 Å². The van der Waals surface area contributed by atoms with Crippen LogP contribution >= 0.6 is 0 Å². The normalized spacial score (nSPS) is 18.1. The van der Waals surface area contributed by atoms with E-state index in [1.165, 1.54) is 0 Å². The highest BCUT2D eigenvalue weighted by Gasteiger charge is 2.43. The van der Waals surface area contributed by atoms with Gasteiger partial charge < -0.3 is 16.8 Å². The molecule has 0 bridgehead atoms. The predicted molar refractivity (Wildman–Crippen MR) is 109 cm³/mol. The number of anilines is 2. The summed E-state index contributed by atoms with van der Waals surface area (Å²) in [5.41, 5.74) is 15.9. The minimum atomic E-state index is -1.05. The largest absolute Gasteiger partial charge is 0.399 e. The molecule has 1 saturated carbocycles. The minimum absolute atomic E-state index is 0.269. The lowest BCUT2D eigenvalue weighted by molar-refractivity contribution is -0.117. The van der Waals surface area contributed by atoms with E-state index in [1.807, 2.05) is 31.2 Å². The van der Waals surface area contributed by atoms with Crippen molar-refractivity contribution in [3.63, 3.8) is 0 Å². The lowest BCUT2D eigenvalue weighted by Crippen LogP contribution is -2.15. The molecule has 6 nitrogen and oxygen atoms in total. The summed E-state index contributed by atoms with van der Waals surface area (Å²) in [5.74, 6) is -0.223. The first-order valence-corrected chi connectivity index (χ1v) is 8.90. The third-order valence-electron chi connectivity index (χ3n) is 4.92. The molecule has 1 aliphatic carbocycles. The maximum absolute atomic E-state index is 13.1. The summed E-state index contributed by atoms with van der Waals surface area (Å²) in [6.07, 6.45) is 0.776. The van der Waals surface area contributed by atoms with Gasteiger partial charge in [0.1, 0.15) is 17.8 Å². The van der Waals surface area contributed by atoms with Crippen LogP contribution in [0.15, 0.2) is 43.1 Å². The molecule has 0 aliphatic heterocycles. The smallest absolute Gasteiger partial charge is 0.231 e. The van der Waals surface area contributed by atoms with Crippen LogP contribution in [0, 0.1) is 12.8 Å². The molecular formula is C21H20FN5O. The number of aromatic nitrogens is 2. The zero-order valence-electron chi connectivity index (χ0n) is 15.4. The Morgan fingerprint density at radius 3 is 2.71 bits per heavy atom. The summed E-state index contributed by atoms with van der Waals surface area (Å²) >= 11 is 0. The molecule has 3 aromatic rings. The maximum Gasteiger partial charge on any atom is 0.231 e. The number of nitrogens with two attached hydrogens (primary N) is 2. The van der Waals surface area contributed by atoms with E-state index >= 15 is 0 Å². The van der Waals surface area contributed by atoms with E-state index in [-0.39, 0.29) is 12.3 Å². The summed E-state index contributed by atoms with van der Waals surface area (Å²) in [7, 11) is 0. The van der Waals surface area contributed by atoms with Crippen LogP contribution in [0.5, 0.6) is 0 Å². The number of carbonyl (C=O) groups excluding carboxylic acids is 1. The van der Waals surface area contributed by atoms with E-state index in [4.69, 9.17) is 11.5 Å². The average molecular weight is 377 g/mol. The zero-order valence-corrected chi connectivity index (χ0v) is 15.4. The topological polar surface area (TPSA) is 107 Å². The molecule has 0 radical (unpaired) electrons. The highest BCUT2D eigenvalue weighted by molar-refractivity contribution is 5.98. The Balaban J connectivity index is 1.72. The fourth-order valence-corrected chi connectivity index (χ4v) is 3.19. The molecule has 1 fully saturated rings. The first-order valence-electron chi connectivity index (χ1n) is 8.90. The third-order valence-corrected chi connectivity index (χ3v) is 4.92. The van der Waals surface area contributed by atoms with Gasteiger partial charge in [-0.3, -0.25) is 4.79 Å². The number of carbonyl (C=O) groups is 1. The highest BCUT2D eigenvalue weighted by Crippen LogP contribution is 2.35. The van der Waals surface area contributed by atoms with E-state index in [9.17, 15) is 9.18 Å². The Kier molecular flexibility index (Phi) is 4.22. The van der Waals surface area contributed by atoms with Crippen molar-refractivity contribution in [2.75, 3.05) is 11.1 Å². The number of benzene rings is 1. The Hall–Kier alpha value is -3.48. The molecule has 0 saturated heterocycles. The summed E-state index contributed by atoms with van der Waals surface area (Å²) in [5, 5.41) is 4.13. The number of fused-ring (bicyclic) bond motifs is 1. The van der Waals surface area contributed by atoms with Crippen molar-refractivity contribution in [2.45, 2.75) is 19.5 Å². The number of nitrogens with zero attached hydrogens (tertiary/aromatic N) is 2. The third kappa shape index (κ3) is 3.26. The summed E-state index contributed by atoms with van der Waals surface area (Å²) < 4.78 is 13.1. The highest BCUT2D eigenvalue weighted by atomic mass is 19.1. The van der Waals surface area contributed by atoms with E-state index < -0.39 is 12.1 Å². The van der Waals surface area contributed by atoms with Crippen LogP contribution in [0.1, 0.15) is 17.5 Å². The summed E-state index contributed by atoms with van der Waals surface area (Å²) in [6, 6.07) is 9.36. The number of hydrogen-bond donors (Lipinski definition) is 3. The molecule has 4 rings (SSSR count). The van der Waals surface area contributed by atoms with Gasteiger partial charge in [0.05, 0.1) is 11.6 Å². The Morgan fingerprint density at radius 2 is 2.07 bits per heavy atom. The van der Waals surface area contributed by atoms with Gasteiger partial charge in [-0.1, -0.05) is 18.7 Å². The van der Waals surface area contributed by atoms with Crippen molar-refractivity contribution in [3.05, 3.63) is 54.2 Å². The minimum Gasteiger partial charge on any atom is -0.399 e. The first-order chi connectivity index (χ1) is 13.3. The molecule has 5 N–H and O–H groups in total. The van der Waals surface area contributed by atoms with E-state index in [2.05, 4.69) is 21.9 Å². The van der Waals surface area contributed by atoms with Gasteiger partial charge in [-0.05, 0) is 48.1 Å². The number of rotatable bonds is 4. The van der Waals surface area contributed by atoms with Gasteiger partial charge in [-0.15, -0.1) is 0 Å². The van der Waals surface area contributed by atoms with Crippen LogP contribution in [-0.4, -0.2) is 22.0 Å². The fourth-order valence-electron chi connectivity index (χ4n) is 3.19. The van der Waals surface area contributed by atoms with E-state index in [0.29, 0.717) is 28.4 Å². The Labute approximate surface area is 161 Å². The second-order valence-electron chi connectivity index (χ2n) is 7.09. The number of amides is 1. The van der Waals surface area contributed by atoms with Gasteiger partial charge in [0.2, 0.25) is 5.91 Å². The van der Waals surface area contributed by atoms with Gasteiger partial charge in [-0.25, -0.2) is 14.4 Å². The molecule has 7 heteroatoms. The van der Waals surface area contributed by atoms with Gasteiger partial charge in [0.15, 0.2) is 0 Å². The second-order valence-corrected chi connectivity index (χ2v) is 7.09. The van der Waals surface area contributed by atoms with Crippen molar-refractivity contribution in [3.8, 4) is 11.3 Å². The predicted octanol–water partition coefficient (Wildman–Crippen LogP) is 3.41. The SMILES string of the molecule is C=C(N)c1ccc(-c2cc3cc(NC(=O)[C@@H]4C[C@@H]4F)ncc3c(N)n2)c(C)c1. The number of hydrogen-bond acceptors (Lipinski definition) is 5. The van der Waals surface area contributed by atoms with E-state index in [0.717, 1.165) is 22.1 Å². The number of pyridine rings is 2. The van der Waals surface area contributed by atoms with Crippen molar-refractivity contribution in [1.29, 1.82) is 0 Å². The summed E-state index contributed by atoms with van der Waals surface area (Å²) in [6.45, 7) is 5.72. The van der Waals surface area contributed by atoms with E-state index in [1.54, 1.807) is 12.3 Å². The first kappa shape index (κ1) is 17.9. The Morgan fingerprint density at radius 1 is 1.32 bits per heavy atom. The van der Waals surface area contributed by atoms with Crippen LogP contribution in [-0.2, 0) is 4.79 Å². The molecule has 0 unspecified atom stereocenters. The van der Waals surface area contributed by atoms with Crippen molar-refractivity contribution >= 4 is 34.0 Å². The van der Waals surface area contributed by atoms with Gasteiger partial charge in [0, 0.05) is 22.8 Å². The quantitative estimate of drug-likeness (QED) is 0.646. The van der Waals surface area contributed by atoms with Gasteiger partial charge in [-0.2, -0.15) is 0 Å². The molecule has 0 spiro atoms. The van der Waals surface area contributed by atoms with Crippen LogP contribution in [0.25, 0.3) is 27.7 Å². The lowest BCUT2D eigenvalue weighted by atomic mass is 10.00. The van der Waals surface area contributed by atoms with Crippen LogP contribution in [0.4, 0.5) is 16.0 Å². The fraction of sp³-hybridized carbons (Fsp3) is 0.190. The van der Waals surface area contributed by atoms with Crippen molar-refractivity contribution in [2.24, 2.45) is 11.7 Å². The van der Waals surface area contributed by atoms with Crippen LogP contribution < -0.4 is 16.8 Å². The molecule has 28 heavy (non-hydrogen) atoms. The lowest BCUT2D eigenvalue weighted by Gasteiger charge is -2.11. The van der Waals surface area contributed by atoms with Gasteiger partial charge in [0.25, 0.3) is 0 Å². The molecule has 142 valence electrons. The molecule has 1 aromatic carbocycles. The number of nitrogens with one attached hydrogen (secondary N) is 1. The molecule has 2 atom stereocenters. The number of halogens is 1. The van der Waals surface area contributed by atoms with Crippen LogP contribution in [0.3, 0.4) is 0 Å². The average Bonchev–Trinajstić information content (AvgIpc) is 3.38. The molecule has 2 aromatic heterocycles. The Bertz CT molecular complexity index is 1130. The number of alkyl halides is 1. The molecule has 2 heterocycles. The molecule has 1 amide bonds.